The summed E-state index contributed by atoms with van der Waals surface area (Å²) in [4.78, 5) is 3.80. The molecule has 0 saturated heterocycles. The number of pyridine rings is 1. The van der Waals surface area contributed by atoms with Gasteiger partial charge in [0.25, 0.3) is 0 Å². The lowest BCUT2D eigenvalue weighted by Gasteiger charge is -1.95. The Kier molecular flexibility index (Phi) is 1.65. The number of nitrogens with one attached hydrogen (secondary N) is 1. The van der Waals surface area contributed by atoms with Gasteiger partial charge in [0.15, 0.2) is 0 Å². The van der Waals surface area contributed by atoms with Crippen molar-refractivity contribution in [3.05, 3.63) is 23.9 Å². The summed E-state index contributed by atoms with van der Waals surface area (Å²) < 4.78 is 0. The first kappa shape index (κ1) is 6.04. The second-order valence-corrected chi connectivity index (χ2v) is 1.83. The van der Waals surface area contributed by atoms with E-state index in [1.807, 2.05) is 18.5 Å². The van der Waals surface area contributed by atoms with Crippen LogP contribution < -0.4 is 5.48 Å². The molecule has 0 aliphatic carbocycles. The third-order valence-electron chi connectivity index (χ3n) is 1.03. The van der Waals surface area contributed by atoms with Crippen molar-refractivity contribution in [1.82, 2.24) is 4.98 Å². The van der Waals surface area contributed by atoms with Crippen molar-refractivity contribution in [2.45, 2.75) is 6.92 Å². The van der Waals surface area contributed by atoms with Crippen molar-refractivity contribution in [3.8, 4) is 0 Å². The summed E-state index contributed by atoms with van der Waals surface area (Å²) in [6.45, 7) is 1.93. The molecule has 0 amide bonds. The van der Waals surface area contributed by atoms with Gasteiger partial charge in [0.05, 0.1) is 0 Å². The molecule has 1 aromatic heterocycles. The highest BCUT2D eigenvalue weighted by Gasteiger charge is 1.87. The van der Waals surface area contributed by atoms with Crippen LogP contribution in [0.25, 0.3) is 0 Å². The molecule has 0 radical (unpaired) electrons. The van der Waals surface area contributed by atoms with Gasteiger partial charge in [0, 0.05) is 6.20 Å². The minimum atomic E-state index is 0.481. The first-order chi connectivity index (χ1) is 4.33. The first-order valence-corrected chi connectivity index (χ1v) is 2.65. The molecule has 3 heteroatoms. The van der Waals surface area contributed by atoms with Gasteiger partial charge in [0.2, 0.25) is 0 Å². The van der Waals surface area contributed by atoms with E-state index >= 15 is 0 Å². The van der Waals surface area contributed by atoms with Crippen LogP contribution in [0.4, 0.5) is 5.82 Å². The average Bonchev–Trinajstić information content (AvgIpc) is 1.88. The number of rotatable bonds is 1. The smallest absolute Gasteiger partial charge is 0.149 e. The molecule has 0 unspecified atom stereocenters. The molecule has 3 nitrogen and oxygen atoms in total. The fourth-order valence-electron chi connectivity index (χ4n) is 0.597. The predicted molar refractivity (Wildman–Crippen MR) is 34.4 cm³/mol. The van der Waals surface area contributed by atoms with Crippen LogP contribution in [-0.2, 0) is 0 Å². The van der Waals surface area contributed by atoms with E-state index in [-0.39, 0.29) is 0 Å². The number of aromatic nitrogens is 1. The van der Waals surface area contributed by atoms with Crippen molar-refractivity contribution in [2.24, 2.45) is 0 Å². The molecular weight excluding hydrogens is 116 g/mol. The van der Waals surface area contributed by atoms with Gasteiger partial charge in [-0.1, -0.05) is 0 Å². The van der Waals surface area contributed by atoms with E-state index < -0.39 is 0 Å². The maximum absolute atomic E-state index is 8.35. The fourth-order valence-corrected chi connectivity index (χ4v) is 0.597. The van der Waals surface area contributed by atoms with Crippen LogP contribution in [0.2, 0.25) is 0 Å². The molecule has 9 heavy (non-hydrogen) atoms. The van der Waals surface area contributed by atoms with E-state index in [0.29, 0.717) is 5.82 Å². The van der Waals surface area contributed by atoms with E-state index in [1.54, 1.807) is 12.3 Å². The molecule has 0 bridgehead atoms. The topological polar surface area (TPSA) is 45.2 Å². The molecule has 1 heterocycles. The van der Waals surface area contributed by atoms with Crippen LogP contribution in [-0.4, -0.2) is 10.2 Å². The zero-order valence-electron chi connectivity index (χ0n) is 5.13. The normalized spacial score (nSPS) is 9.11. The molecular formula is C6H8N2O. The van der Waals surface area contributed by atoms with Crippen molar-refractivity contribution in [2.75, 3.05) is 5.48 Å². The van der Waals surface area contributed by atoms with E-state index in [9.17, 15) is 0 Å². The van der Waals surface area contributed by atoms with Crippen LogP contribution in [0.1, 0.15) is 5.56 Å². The summed E-state index contributed by atoms with van der Waals surface area (Å²) in [5.74, 6) is 0.481. The van der Waals surface area contributed by atoms with E-state index in [4.69, 9.17) is 5.21 Å². The summed E-state index contributed by atoms with van der Waals surface area (Å²) >= 11 is 0. The van der Waals surface area contributed by atoms with Gasteiger partial charge < -0.3 is 0 Å². The van der Waals surface area contributed by atoms with Gasteiger partial charge in [-0.3, -0.25) is 10.7 Å². The van der Waals surface area contributed by atoms with Crippen LogP contribution in [0, 0.1) is 6.92 Å². The zero-order valence-corrected chi connectivity index (χ0v) is 5.13. The number of aryl methyl sites for hydroxylation is 1. The van der Waals surface area contributed by atoms with Gasteiger partial charge in [-0.05, 0) is 24.6 Å². The molecule has 0 aliphatic heterocycles. The highest BCUT2D eigenvalue weighted by molar-refractivity contribution is 5.33. The predicted octanol–water partition coefficient (Wildman–Crippen LogP) is 1.19. The lowest BCUT2D eigenvalue weighted by atomic mass is 10.3. The zero-order chi connectivity index (χ0) is 6.69. The largest absolute Gasteiger partial charge is 0.290 e. The molecule has 0 atom stereocenters. The Bertz CT molecular complexity index is 200. The molecule has 0 fully saturated rings. The third-order valence-corrected chi connectivity index (χ3v) is 1.03. The summed E-state index contributed by atoms with van der Waals surface area (Å²) in [5, 5.41) is 8.35. The second kappa shape index (κ2) is 2.46. The molecule has 0 aliphatic rings. The first-order valence-electron chi connectivity index (χ1n) is 2.65. The van der Waals surface area contributed by atoms with E-state index in [0.717, 1.165) is 5.56 Å². The number of hydrogen-bond donors (Lipinski definition) is 2. The number of nitrogens with zero attached hydrogens (tertiary/aromatic N) is 1. The Hall–Kier alpha value is -1.09. The Labute approximate surface area is 53.3 Å². The van der Waals surface area contributed by atoms with E-state index in [2.05, 4.69) is 4.98 Å². The number of hydrogen-bond acceptors (Lipinski definition) is 3. The quantitative estimate of drug-likeness (QED) is 0.553. The Balaban J connectivity index is 2.94. The van der Waals surface area contributed by atoms with Crippen molar-refractivity contribution in [3.63, 3.8) is 0 Å². The highest BCUT2D eigenvalue weighted by atomic mass is 16.5. The van der Waals surface area contributed by atoms with Gasteiger partial charge in [-0.2, -0.15) is 0 Å². The summed E-state index contributed by atoms with van der Waals surface area (Å²) in [7, 11) is 0. The molecule has 1 rings (SSSR count). The van der Waals surface area contributed by atoms with Crippen LogP contribution in [0.15, 0.2) is 18.3 Å². The average molecular weight is 124 g/mol. The molecule has 0 saturated carbocycles. The number of anilines is 1. The minimum Gasteiger partial charge on any atom is -0.290 e. The third kappa shape index (κ3) is 1.40. The maximum Gasteiger partial charge on any atom is 0.149 e. The molecule has 1 aromatic rings. The van der Waals surface area contributed by atoms with Crippen LogP contribution >= 0.6 is 0 Å². The standard InChI is InChI=1S/C6H8N2O/c1-5-2-3-7-6(4-5)8-9/h2-4,9H,1H3,(H,7,8). The summed E-state index contributed by atoms with van der Waals surface area (Å²) in [5.41, 5.74) is 3.03. The minimum absolute atomic E-state index is 0.481. The Morgan fingerprint density at radius 2 is 2.44 bits per heavy atom. The molecule has 2 N–H and O–H groups in total. The van der Waals surface area contributed by atoms with Gasteiger partial charge in [-0.15, -0.1) is 0 Å². The maximum atomic E-state index is 8.35. The van der Waals surface area contributed by atoms with Crippen LogP contribution in [0.3, 0.4) is 0 Å². The SMILES string of the molecule is Cc1ccnc(NO)c1. The van der Waals surface area contributed by atoms with Gasteiger partial charge in [0.1, 0.15) is 5.82 Å². The van der Waals surface area contributed by atoms with Crippen molar-refractivity contribution in [1.29, 1.82) is 0 Å². The Morgan fingerprint density at radius 3 is 2.89 bits per heavy atom. The van der Waals surface area contributed by atoms with Gasteiger partial charge in [-0.25, -0.2) is 4.98 Å². The molecule has 48 valence electrons. The van der Waals surface area contributed by atoms with Gasteiger partial charge >= 0.3 is 0 Å². The van der Waals surface area contributed by atoms with Crippen molar-refractivity contribution < 1.29 is 5.21 Å². The summed E-state index contributed by atoms with van der Waals surface area (Å²) in [6.07, 6.45) is 1.63. The van der Waals surface area contributed by atoms with E-state index in [1.165, 1.54) is 0 Å². The fraction of sp³-hybridized carbons (Fsp3) is 0.167. The lowest BCUT2D eigenvalue weighted by molar-refractivity contribution is 0.386. The molecule has 0 aromatic carbocycles. The van der Waals surface area contributed by atoms with Crippen LogP contribution in [0.5, 0.6) is 0 Å². The molecule has 0 spiro atoms. The highest BCUT2D eigenvalue weighted by Crippen LogP contribution is 2.02. The Morgan fingerprint density at radius 1 is 1.67 bits per heavy atom. The monoisotopic (exact) mass is 124 g/mol. The second-order valence-electron chi connectivity index (χ2n) is 1.83. The lowest BCUT2D eigenvalue weighted by Crippen LogP contribution is -1.91. The van der Waals surface area contributed by atoms with Crippen molar-refractivity contribution >= 4 is 5.82 Å². The summed E-state index contributed by atoms with van der Waals surface area (Å²) in [6, 6.07) is 3.61.